The Bertz CT molecular complexity index is 979. The van der Waals surface area contributed by atoms with Crippen LogP contribution in [0.25, 0.3) is 0 Å². The average Bonchev–Trinajstić information content (AvgIpc) is 3.16. The molecule has 0 aromatic carbocycles. The second-order valence-electron chi connectivity index (χ2n) is 16.4. The molecule has 8 atom stereocenters. The van der Waals surface area contributed by atoms with Crippen molar-refractivity contribution in [1.29, 1.82) is 0 Å². The summed E-state index contributed by atoms with van der Waals surface area (Å²) in [5, 5.41) is 73.7. The SMILES string of the molecule is CCCCCCCCCCCCCCCCCCCCCCCCCC(O)CC(=O)NC(COP(=O)(O)OC1C(O)C(O)C(O)C(O)C1O)C(O)CCCCC. The summed E-state index contributed by atoms with van der Waals surface area (Å²) < 4.78 is 22.6. The van der Waals surface area contributed by atoms with E-state index in [9.17, 15) is 50.0 Å². The van der Waals surface area contributed by atoms with Crippen molar-refractivity contribution >= 4 is 13.7 Å². The lowest BCUT2D eigenvalue weighted by Crippen LogP contribution is -2.64. The summed E-state index contributed by atoms with van der Waals surface area (Å²) in [6.45, 7) is 3.57. The molecule has 9 N–H and O–H groups in total. The number of rotatable bonds is 37. The standard InChI is InChI=1S/C42H84NO12P/c1-3-5-7-8-9-10-11-12-13-14-15-16-17-18-19-20-21-22-23-24-25-26-28-29-33(44)31-36(46)43-34(35(45)30-27-6-4-2)32-54-56(52,53)55-42-40(50)38(48)37(47)39(49)41(42)51/h33-35,37-42,44-45,47-51H,3-32H2,1-2H3,(H,43,46)(H,52,53). The minimum Gasteiger partial charge on any atom is -0.393 e. The number of unbranched alkanes of at least 4 members (excludes halogenated alkanes) is 24. The fourth-order valence-corrected chi connectivity index (χ4v) is 8.45. The van der Waals surface area contributed by atoms with Crippen molar-refractivity contribution < 1.29 is 59.0 Å². The van der Waals surface area contributed by atoms with Gasteiger partial charge in [0.1, 0.15) is 36.6 Å². The second kappa shape index (κ2) is 33.1. The third kappa shape index (κ3) is 25.0. The van der Waals surface area contributed by atoms with Gasteiger partial charge in [0.15, 0.2) is 0 Å². The summed E-state index contributed by atoms with van der Waals surface area (Å²) in [6.07, 6.45) is 18.8. The van der Waals surface area contributed by atoms with Crippen LogP contribution in [-0.2, 0) is 18.4 Å². The highest BCUT2D eigenvalue weighted by atomic mass is 31.2. The van der Waals surface area contributed by atoms with Crippen molar-refractivity contribution in [2.24, 2.45) is 0 Å². The molecule has 1 amide bonds. The van der Waals surface area contributed by atoms with Gasteiger partial charge in [0.25, 0.3) is 0 Å². The summed E-state index contributed by atoms with van der Waals surface area (Å²) in [7, 11) is -5.09. The molecule has 13 nitrogen and oxygen atoms in total. The van der Waals surface area contributed by atoms with Crippen LogP contribution in [0.1, 0.15) is 200 Å². The monoisotopic (exact) mass is 826 g/mol. The molecule has 0 aromatic heterocycles. The van der Waals surface area contributed by atoms with Crippen LogP contribution >= 0.6 is 7.82 Å². The van der Waals surface area contributed by atoms with E-state index in [0.29, 0.717) is 12.8 Å². The molecule has 0 saturated heterocycles. The molecule has 1 saturated carbocycles. The maximum Gasteiger partial charge on any atom is 0.472 e. The summed E-state index contributed by atoms with van der Waals surface area (Å²) in [4.78, 5) is 23.1. The fourth-order valence-electron chi connectivity index (χ4n) is 7.48. The van der Waals surface area contributed by atoms with Crippen LogP contribution in [0.15, 0.2) is 0 Å². The van der Waals surface area contributed by atoms with Gasteiger partial charge in [-0.1, -0.05) is 181 Å². The van der Waals surface area contributed by atoms with Gasteiger partial charge in [-0.25, -0.2) is 4.57 Å². The van der Waals surface area contributed by atoms with E-state index in [1.807, 2.05) is 6.92 Å². The van der Waals surface area contributed by atoms with Gasteiger partial charge in [-0.15, -0.1) is 0 Å². The Labute approximate surface area is 339 Å². The van der Waals surface area contributed by atoms with Crippen LogP contribution in [0, 0.1) is 0 Å². The van der Waals surface area contributed by atoms with Crippen LogP contribution in [0.5, 0.6) is 0 Å². The first-order valence-corrected chi connectivity index (χ1v) is 24.1. The first kappa shape index (κ1) is 53.3. The lowest BCUT2D eigenvalue weighted by atomic mass is 9.85. The maximum atomic E-state index is 12.8. The molecule has 0 spiro atoms. The molecule has 8 unspecified atom stereocenters. The number of aliphatic hydroxyl groups is 7. The van der Waals surface area contributed by atoms with Crippen LogP contribution in [0.4, 0.5) is 0 Å². The van der Waals surface area contributed by atoms with E-state index in [1.54, 1.807) is 0 Å². The number of phosphoric acid groups is 1. The molecule has 1 fully saturated rings. The Morgan fingerprint density at radius 3 is 1.30 bits per heavy atom. The number of carbonyl (C=O) groups excluding carboxylic acids is 1. The first-order valence-electron chi connectivity index (χ1n) is 22.6. The van der Waals surface area contributed by atoms with Gasteiger partial charge in [-0.05, 0) is 12.8 Å². The largest absolute Gasteiger partial charge is 0.472 e. The highest BCUT2D eigenvalue weighted by Crippen LogP contribution is 2.47. The van der Waals surface area contributed by atoms with Crippen LogP contribution in [0.3, 0.4) is 0 Å². The van der Waals surface area contributed by atoms with Gasteiger partial charge in [-0.3, -0.25) is 13.8 Å². The molecule has 1 aliphatic rings. The topological polar surface area (TPSA) is 226 Å². The molecule has 1 aliphatic carbocycles. The Hall–Kier alpha value is -0.700. The highest BCUT2D eigenvalue weighted by Gasteiger charge is 2.51. The summed E-state index contributed by atoms with van der Waals surface area (Å²) >= 11 is 0. The van der Waals surface area contributed by atoms with E-state index in [1.165, 1.54) is 122 Å². The zero-order valence-electron chi connectivity index (χ0n) is 35.1. The quantitative estimate of drug-likeness (QED) is 0.0231. The summed E-state index contributed by atoms with van der Waals surface area (Å²) in [6, 6.07) is -1.14. The normalized spacial score (nSPS) is 24.1. The van der Waals surface area contributed by atoms with Crippen molar-refractivity contribution in [2.75, 3.05) is 6.61 Å². The molecule has 0 radical (unpaired) electrons. The van der Waals surface area contributed by atoms with E-state index in [2.05, 4.69) is 12.2 Å². The molecule has 0 aliphatic heterocycles. The molecule has 1 rings (SSSR count). The summed E-state index contributed by atoms with van der Waals surface area (Å²) in [5.74, 6) is -0.568. The molecule has 0 bridgehead atoms. The molecule has 0 heterocycles. The van der Waals surface area contributed by atoms with Gasteiger partial charge < -0.3 is 46.0 Å². The van der Waals surface area contributed by atoms with Gasteiger partial charge in [0, 0.05) is 0 Å². The smallest absolute Gasteiger partial charge is 0.393 e. The van der Waals surface area contributed by atoms with Gasteiger partial charge in [-0.2, -0.15) is 0 Å². The average molecular weight is 826 g/mol. The van der Waals surface area contributed by atoms with Crippen molar-refractivity contribution in [3.8, 4) is 0 Å². The van der Waals surface area contributed by atoms with Crippen LogP contribution in [-0.4, -0.2) is 108 Å². The highest BCUT2D eigenvalue weighted by molar-refractivity contribution is 7.47. The van der Waals surface area contributed by atoms with E-state index >= 15 is 0 Å². The molecule has 56 heavy (non-hydrogen) atoms. The predicted octanol–water partition coefficient (Wildman–Crippen LogP) is 6.87. The minimum atomic E-state index is -5.09. The van der Waals surface area contributed by atoms with Gasteiger partial charge in [0.05, 0.1) is 31.3 Å². The number of phosphoric ester groups is 1. The third-order valence-corrected chi connectivity index (χ3v) is 12.2. The van der Waals surface area contributed by atoms with E-state index in [4.69, 9.17) is 9.05 Å². The predicted molar refractivity (Wildman–Crippen MR) is 220 cm³/mol. The number of carbonyl (C=O) groups is 1. The Balaban J connectivity index is 2.20. The minimum absolute atomic E-state index is 0.219. The first-order chi connectivity index (χ1) is 26.8. The van der Waals surface area contributed by atoms with Crippen molar-refractivity contribution in [3.05, 3.63) is 0 Å². The van der Waals surface area contributed by atoms with E-state index < -0.39 is 75.2 Å². The Kier molecular flexibility index (Phi) is 31.5. The molecule has 334 valence electrons. The molecular formula is C42H84NO12P. The molecular weight excluding hydrogens is 741 g/mol. The van der Waals surface area contributed by atoms with Crippen molar-refractivity contribution in [3.63, 3.8) is 0 Å². The zero-order valence-corrected chi connectivity index (χ0v) is 36.0. The van der Waals surface area contributed by atoms with Crippen molar-refractivity contribution in [1.82, 2.24) is 5.32 Å². The zero-order chi connectivity index (χ0) is 41.6. The second-order valence-corrected chi connectivity index (χ2v) is 17.9. The Morgan fingerprint density at radius 1 is 0.554 bits per heavy atom. The number of hydrogen-bond acceptors (Lipinski definition) is 11. The fraction of sp³-hybridized carbons (Fsp3) is 0.976. The van der Waals surface area contributed by atoms with Crippen molar-refractivity contribution in [2.45, 2.75) is 255 Å². The number of amides is 1. The molecule has 0 aromatic rings. The van der Waals surface area contributed by atoms with Crippen LogP contribution < -0.4 is 5.32 Å². The summed E-state index contributed by atoms with van der Waals surface area (Å²) in [5.41, 5.74) is 0. The third-order valence-electron chi connectivity index (χ3n) is 11.2. The van der Waals surface area contributed by atoms with Crippen LogP contribution in [0.2, 0.25) is 0 Å². The number of aliphatic hydroxyl groups excluding tert-OH is 7. The lowest BCUT2D eigenvalue weighted by Gasteiger charge is -2.41. The Morgan fingerprint density at radius 2 is 0.893 bits per heavy atom. The van der Waals surface area contributed by atoms with E-state index in [0.717, 1.165) is 38.5 Å². The lowest BCUT2D eigenvalue weighted by molar-refractivity contribution is -0.220. The van der Waals surface area contributed by atoms with Gasteiger partial charge >= 0.3 is 7.82 Å². The number of hydrogen-bond donors (Lipinski definition) is 9. The maximum absolute atomic E-state index is 12.8. The van der Waals surface area contributed by atoms with Gasteiger partial charge in [0.2, 0.25) is 5.91 Å². The molecule has 14 heteroatoms. The van der Waals surface area contributed by atoms with E-state index in [-0.39, 0.29) is 12.8 Å². The number of nitrogens with one attached hydrogen (secondary N) is 1.